The van der Waals surface area contributed by atoms with Gasteiger partial charge in [-0.1, -0.05) is 18.2 Å². The number of para-hydroxylation sites is 1. The van der Waals surface area contributed by atoms with Gasteiger partial charge in [0.2, 0.25) is 10.0 Å². The van der Waals surface area contributed by atoms with E-state index in [1.165, 1.54) is 6.33 Å². The Morgan fingerprint density at radius 1 is 0.933 bits per heavy atom. The number of aryl methyl sites for hydroxylation is 2. The first-order chi connectivity index (χ1) is 14.4. The van der Waals surface area contributed by atoms with Crippen LogP contribution in [-0.4, -0.2) is 48.9 Å². The lowest BCUT2D eigenvalue weighted by Crippen LogP contribution is -2.49. The molecule has 4 aromatic rings. The van der Waals surface area contributed by atoms with Crippen molar-refractivity contribution in [2.75, 3.05) is 31.1 Å². The number of aromatic nitrogens is 2. The van der Waals surface area contributed by atoms with Crippen molar-refractivity contribution in [1.82, 2.24) is 14.3 Å². The lowest BCUT2D eigenvalue weighted by atomic mass is 10.1. The van der Waals surface area contributed by atoms with Gasteiger partial charge in [0.25, 0.3) is 0 Å². The van der Waals surface area contributed by atoms with E-state index in [2.05, 4.69) is 14.9 Å². The average molecular weight is 423 g/mol. The molecule has 0 N–H and O–H groups in total. The molecule has 1 saturated heterocycles. The maximum atomic E-state index is 13.1. The maximum absolute atomic E-state index is 13.1. The van der Waals surface area contributed by atoms with E-state index >= 15 is 0 Å². The Balaban J connectivity index is 1.41. The smallest absolute Gasteiger partial charge is 0.243 e. The topological polar surface area (TPSA) is 79.5 Å². The Morgan fingerprint density at radius 3 is 2.47 bits per heavy atom. The normalized spacial score (nSPS) is 15.9. The molecule has 3 heterocycles. The number of hydrogen-bond acceptors (Lipinski definition) is 6. The van der Waals surface area contributed by atoms with Crippen LogP contribution < -0.4 is 4.90 Å². The SMILES string of the molecule is Cc1ccc(S(=O)(=O)N2CCN(c3ncnc4c3oc3ccccc34)CC2)cc1C. The van der Waals surface area contributed by atoms with Crippen LogP contribution in [0.1, 0.15) is 11.1 Å². The van der Waals surface area contributed by atoms with Crippen molar-refractivity contribution >= 4 is 37.9 Å². The summed E-state index contributed by atoms with van der Waals surface area (Å²) in [6.45, 7) is 5.76. The van der Waals surface area contributed by atoms with Crippen LogP contribution in [0.15, 0.2) is 58.1 Å². The summed E-state index contributed by atoms with van der Waals surface area (Å²) in [7, 11) is -3.52. The predicted molar refractivity (Wildman–Crippen MR) is 116 cm³/mol. The van der Waals surface area contributed by atoms with Crippen molar-refractivity contribution in [2.24, 2.45) is 0 Å². The number of piperazine rings is 1. The fourth-order valence-electron chi connectivity index (χ4n) is 3.90. The first-order valence-electron chi connectivity index (χ1n) is 9.90. The van der Waals surface area contributed by atoms with Gasteiger partial charge in [-0.3, -0.25) is 0 Å². The number of anilines is 1. The molecule has 30 heavy (non-hydrogen) atoms. The third kappa shape index (κ3) is 3.03. The molecule has 0 saturated carbocycles. The van der Waals surface area contributed by atoms with E-state index in [0.717, 1.165) is 27.6 Å². The van der Waals surface area contributed by atoms with Gasteiger partial charge in [0.15, 0.2) is 11.4 Å². The lowest BCUT2D eigenvalue weighted by molar-refractivity contribution is 0.383. The van der Waals surface area contributed by atoms with E-state index in [9.17, 15) is 8.42 Å². The number of furan rings is 1. The van der Waals surface area contributed by atoms with Gasteiger partial charge in [-0.05, 0) is 49.2 Å². The minimum atomic E-state index is -3.52. The Labute approximate surface area is 175 Å². The van der Waals surface area contributed by atoms with E-state index in [0.29, 0.717) is 42.5 Å². The molecule has 0 unspecified atom stereocenters. The summed E-state index contributed by atoms with van der Waals surface area (Å²) in [4.78, 5) is 11.3. The maximum Gasteiger partial charge on any atom is 0.243 e. The molecule has 1 fully saturated rings. The Kier molecular flexibility index (Phi) is 4.48. The highest BCUT2D eigenvalue weighted by atomic mass is 32.2. The Hall–Kier alpha value is -2.97. The van der Waals surface area contributed by atoms with Crippen molar-refractivity contribution in [3.05, 3.63) is 59.9 Å². The highest BCUT2D eigenvalue weighted by molar-refractivity contribution is 7.89. The number of sulfonamides is 1. The Bertz CT molecular complexity index is 1360. The van der Waals surface area contributed by atoms with Crippen LogP contribution in [0, 0.1) is 13.8 Å². The lowest BCUT2D eigenvalue weighted by Gasteiger charge is -2.34. The summed E-state index contributed by atoms with van der Waals surface area (Å²) in [5.41, 5.74) is 4.25. The van der Waals surface area contributed by atoms with Crippen LogP contribution in [0.4, 0.5) is 5.82 Å². The minimum absolute atomic E-state index is 0.348. The van der Waals surface area contributed by atoms with Crippen LogP contribution >= 0.6 is 0 Å². The molecule has 1 aliphatic rings. The van der Waals surface area contributed by atoms with Crippen LogP contribution in [0.25, 0.3) is 22.1 Å². The van der Waals surface area contributed by atoms with Crippen LogP contribution in [0.2, 0.25) is 0 Å². The van der Waals surface area contributed by atoms with E-state index in [1.54, 1.807) is 16.4 Å². The number of rotatable bonds is 3. The molecule has 0 radical (unpaired) electrons. The molecule has 7 nitrogen and oxygen atoms in total. The zero-order valence-corrected chi connectivity index (χ0v) is 17.7. The highest BCUT2D eigenvalue weighted by Gasteiger charge is 2.30. The summed E-state index contributed by atoms with van der Waals surface area (Å²) < 4.78 is 33.7. The summed E-state index contributed by atoms with van der Waals surface area (Å²) in [6, 6.07) is 13.1. The number of hydrogen-bond donors (Lipinski definition) is 0. The molecule has 5 rings (SSSR count). The zero-order valence-electron chi connectivity index (χ0n) is 16.9. The van der Waals surface area contributed by atoms with Gasteiger partial charge >= 0.3 is 0 Å². The number of nitrogens with zero attached hydrogens (tertiary/aromatic N) is 4. The fourth-order valence-corrected chi connectivity index (χ4v) is 5.41. The first-order valence-corrected chi connectivity index (χ1v) is 11.3. The summed E-state index contributed by atoms with van der Waals surface area (Å²) in [6.07, 6.45) is 1.54. The summed E-state index contributed by atoms with van der Waals surface area (Å²) in [5, 5.41) is 0.951. The fraction of sp³-hybridized carbons (Fsp3) is 0.273. The monoisotopic (exact) mass is 422 g/mol. The van der Waals surface area contributed by atoms with Crippen molar-refractivity contribution in [3.8, 4) is 0 Å². The third-order valence-electron chi connectivity index (χ3n) is 5.79. The van der Waals surface area contributed by atoms with Gasteiger partial charge in [-0.2, -0.15) is 4.31 Å². The van der Waals surface area contributed by atoms with E-state index in [-0.39, 0.29) is 0 Å². The molecule has 2 aromatic carbocycles. The second-order valence-electron chi connectivity index (χ2n) is 7.61. The molecule has 0 amide bonds. The van der Waals surface area contributed by atoms with Gasteiger partial charge in [-0.15, -0.1) is 0 Å². The first kappa shape index (κ1) is 19.0. The van der Waals surface area contributed by atoms with E-state index in [4.69, 9.17) is 4.42 Å². The number of fused-ring (bicyclic) bond motifs is 3. The van der Waals surface area contributed by atoms with Crippen LogP contribution in [0.3, 0.4) is 0 Å². The molecule has 0 bridgehead atoms. The van der Waals surface area contributed by atoms with Crippen LogP contribution in [0.5, 0.6) is 0 Å². The second-order valence-corrected chi connectivity index (χ2v) is 9.55. The van der Waals surface area contributed by atoms with Gasteiger partial charge in [0, 0.05) is 31.6 Å². The Morgan fingerprint density at radius 2 is 1.70 bits per heavy atom. The van der Waals surface area contributed by atoms with Crippen LogP contribution in [-0.2, 0) is 10.0 Å². The van der Waals surface area contributed by atoms with Gasteiger partial charge in [-0.25, -0.2) is 18.4 Å². The van der Waals surface area contributed by atoms with Gasteiger partial charge in [0.05, 0.1) is 4.90 Å². The van der Waals surface area contributed by atoms with Crippen molar-refractivity contribution in [1.29, 1.82) is 0 Å². The van der Waals surface area contributed by atoms with E-state index in [1.807, 2.05) is 44.2 Å². The highest BCUT2D eigenvalue weighted by Crippen LogP contribution is 2.32. The third-order valence-corrected chi connectivity index (χ3v) is 7.69. The molecular weight excluding hydrogens is 400 g/mol. The molecule has 0 atom stereocenters. The zero-order chi connectivity index (χ0) is 20.9. The number of benzene rings is 2. The van der Waals surface area contributed by atoms with E-state index < -0.39 is 10.0 Å². The van der Waals surface area contributed by atoms with Gasteiger partial charge < -0.3 is 9.32 Å². The average Bonchev–Trinajstić information content (AvgIpc) is 3.14. The largest absolute Gasteiger partial charge is 0.450 e. The summed E-state index contributed by atoms with van der Waals surface area (Å²) in [5.74, 6) is 0.708. The minimum Gasteiger partial charge on any atom is -0.450 e. The van der Waals surface area contributed by atoms with Crippen molar-refractivity contribution < 1.29 is 12.8 Å². The predicted octanol–water partition coefficient (Wildman–Crippen LogP) is 3.50. The molecule has 8 heteroatoms. The molecular formula is C22H22N4O3S. The van der Waals surface area contributed by atoms with Gasteiger partial charge in [0.1, 0.15) is 17.4 Å². The molecule has 154 valence electrons. The summed E-state index contributed by atoms with van der Waals surface area (Å²) >= 11 is 0. The molecule has 2 aromatic heterocycles. The molecule has 0 aliphatic carbocycles. The molecule has 0 spiro atoms. The molecule has 1 aliphatic heterocycles. The second kappa shape index (κ2) is 7.07. The standard InChI is InChI=1S/C22H22N4O3S/c1-15-7-8-17(13-16(15)2)30(27,28)26-11-9-25(10-12-26)22-21-20(23-14-24-22)18-5-3-4-6-19(18)29-21/h3-8,13-14H,9-12H2,1-2H3. The quantitative estimate of drug-likeness (QED) is 0.503. The van der Waals surface area contributed by atoms with Crippen molar-refractivity contribution in [2.45, 2.75) is 18.7 Å². The van der Waals surface area contributed by atoms with Crippen molar-refractivity contribution in [3.63, 3.8) is 0 Å².